The van der Waals surface area contributed by atoms with E-state index >= 15 is 0 Å². The Balaban J connectivity index is 2.15. The molecule has 1 aromatic rings. The highest BCUT2D eigenvalue weighted by Crippen LogP contribution is 2.28. The maximum absolute atomic E-state index is 5.73. The molecular weight excluding hydrogens is 184 g/mol. The average Bonchev–Trinajstić information content (AvgIpc) is 2.81. The van der Waals surface area contributed by atoms with Gasteiger partial charge in [-0.15, -0.1) is 0 Å². The standard InChI is InChI=1S/C13H22N2/c1-10-7-13(8-14)11(2)15(10)9-12-5-3-4-6-12/h7,12H,3-6,8-9,14H2,1-2H3. The fraction of sp³-hybridized carbons (Fsp3) is 0.692. The van der Waals surface area contributed by atoms with Gasteiger partial charge in [-0.05, 0) is 44.2 Å². The van der Waals surface area contributed by atoms with Crippen LogP contribution in [0.3, 0.4) is 0 Å². The number of nitrogens with zero attached hydrogens (tertiary/aromatic N) is 1. The van der Waals surface area contributed by atoms with Crippen molar-refractivity contribution in [1.29, 1.82) is 0 Å². The summed E-state index contributed by atoms with van der Waals surface area (Å²) in [6.45, 7) is 6.27. The molecular formula is C13H22N2. The maximum atomic E-state index is 5.73. The second-order valence-corrected chi connectivity index (χ2v) is 4.86. The van der Waals surface area contributed by atoms with Gasteiger partial charge in [0.15, 0.2) is 0 Å². The zero-order valence-corrected chi connectivity index (χ0v) is 9.92. The highest BCUT2D eigenvalue weighted by molar-refractivity contribution is 5.26. The van der Waals surface area contributed by atoms with Gasteiger partial charge < -0.3 is 10.3 Å². The molecule has 2 N–H and O–H groups in total. The summed E-state index contributed by atoms with van der Waals surface area (Å²) in [5, 5.41) is 0. The van der Waals surface area contributed by atoms with Crippen molar-refractivity contribution in [2.45, 2.75) is 52.6 Å². The third kappa shape index (κ3) is 2.10. The van der Waals surface area contributed by atoms with Crippen molar-refractivity contribution in [1.82, 2.24) is 4.57 Å². The van der Waals surface area contributed by atoms with Gasteiger partial charge in [-0.2, -0.15) is 0 Å². The Hall–Kier alpha value is -0.760. The summed E-state index contributed by atoms with van der Waals surface area (Å²) in [4.78, 5) is 0. The molecule has 2 nitrogen and oxygen atoms in total. The highest BCUT2D eigenvalue weighted by atomic mass is 15.0. The highest BCUT2D eigenvalue weighted by Gasteiger charge is 2.17. The van der Waals surface area contributed by atoms with Crippen LogP contribution in [0, 0.1) is 19.8 Å². The first kappa shape index (κ1) is 10.7. The Morgan fingerprint density at radius 2 is 2.00 bits per heavy atom. The topological polar surface area (TPSA) is 30.9 Å². The van der Waals surface area contributed by atoms with Gasteiger partial charge >= 0.3 is 0 Å². The maximum Gasteiger partial charge on any atom is 0.0253 e. The molecule has 1 aromatic heterocycles. The van der Waals surface area contributed by atoms with E-state index in [2.05, 4.69) is 24.5 Å². The van der Waals surface area contributed by atoms with Gasteiger partial charge in [0.25, 0.3) is 0 Å². The van der Waals surface area contributed by atoms with Crippen LogP contribution in [0.2, 0.25) is 0 Å². The molecule has 0 aromatic carbocycles. The van der Waals surface area contributed by atoms with E-state index in [1.54, 1.807) is 0 Å². The van der Waals surface area contributed by atoms with Gasteiger partial charge in [-0.3, -0.25) is 0 Å². The summed E-state index contributed by atoms with van der Waals surface area (Å²) in [5.41, 5.74) is 9.79. The lowest BCUT2D eigenvalue weighted by Gasteiger charge is -2.14. The summed E-state index contributed by atoms with van der Waals surface area (Å²) < 4.78 is 2.46. The lowest BCUT2D eigenvalue weighted by atomic mass is 10.1. The third-order valence-corrected chi connectivity index (χ3v) is 3.81. The number of nitrogens with two attached hydrogens (primary N) is 1. The molecule has 1 saturated carbocycles. The number of hydrogen-bond donors (Lipinski definition) is 1. The van der Waals surface area contributed by atoms with Crippen molar-refractivity contribution in [3.8, 4) is 0 Å². The predicted octanol–water partition coefficient (Wildman–Crippen LogP) is 2.75. The van der Waals surface area contributed by atoms with Crippen molar-refractivity contribution in [2.24, 2.45) is 11.7 Å². The molecule has 0 atom stereocenters. The van der Waals surface area contributed by atoms with Gasteiger partial charge in [0.1, 0.15) is 0 Å². The fourth-order valence-corrected chi connectivity index (χ4v) is 2.81. The molecule has 0 radical (unpaired) electrons. The van der Waals surface area contributed by atoms with E-state index in [0.29, 0.717) is 6.54 Å². The van der Waals surface area contributed by atoms with Gasteiger partial charge in [0, 0.05) is 24.5 Å². The number of aromatic nitrogens is 1. The quantitative estimate of drug-likeness (QED) is 0.810. The SMILES string of the molecule is Cc1cc(CN)c(C)n1CC1CCCC1. The van der Waals surface area contributed by atoms with Crippen molar-refractivity contribution >= 4 is 0 Å². The van der Waals surface area contributed by atoms with Crippen molar-refractivity contribution in [3.05, 3.63) is 23.0 Å². The monoisotopic (exact) mass is 206 g/mol. The van der Waals surface area contributed by atoms with E-state index < -0.39 is 0 Å². The average molecular weight is 206 g/mol. The van der Waals surface area contributed by atoms with Crippen molar-refractivity contribution in [2.75, 3.05) is 0 Å². The molecule has 0 amide bonds. The van der Waals surface area contributed by atoms with Gasteiger partial charge in [0.05, 0.1) is 0 Å². The zero-order valence-electron chi connectivity index (χ0n) is 9.92. The zero-order chi connectivity index (χ0) is 10.8. The molecule has 15 heavy (non-hydrogen) atoms. The minimum absolute atomic E-state index is 0.671. The third-order valence-electron chi connectivity index (χ3n) is 3.81. The molecule has 0 bridgehead atoms. The summed E-state index contributed by atoms with van der Waals surface area (Å²) in [5.74, 6) is 0.903. The first-order chi connectivity index (χ1) is 7.22. The lowest BCUT2D eigenvalue weighted by molar-refractivity contribution is 0.447. The van der Waals surface area contributed by atoms with E-state index in [1.807, 2.05) is 0 Å². The molecule has 84 valence electrons. The van der Waals surface area contributed by atoms with Crippen LogP contribution in [0.1, 0.15) is 42.6 Å². The normalized spacial score (nSPS) is 17.5. The van der Waals surface area contributed by atoms with E-state index in [-0.39, 0.29) is 0 Å². The minimum atomic E-state index is 0.671. The van der Waals surface area contributed by atoms with E-state index in [1.165, 1.54) is 49.2 Å². The second kappa shape index (κ2) is 4.40. The Morgan fingerprint density at radius 1 is 1.33 bits per heavy atom. The van der Waals surface area contributed by atoms with Crippen molar-refractivity contribution in [3.63, 3.8) is 0 Å². The first-order valence-electron chi connectivity index (χ1n) is 6.08. The smallest absolute Gasteiger partial charge is 0.0253 e. The van der Waals surface area contributed by atoms with Crippen LogP contribution in [0.25, 0.3) is 0 Å². The summed E-state index contributed by atoms with van der Waals surface area (Å²) in [6, 6.07) is 2.24. The van der Waals surface area contributed by atoms with Crippen LogP contribution >= 0.6 is 0 Å². The van der Waals surface area contributed by atoms with Gasteiger partial charge in [0.2, 0.25) is 0 Å². The van der Waals surface area contributed by atoms with Crippen molar-refractivity contribution < 1.29 is 0 Å². The van der Waals surface area contributed by atoms with Crippen LogP contribution < -0.4 is 5.73 Å². The molecule has 2 heteroatoms. The van der Waals surface area contributed by atoms with Gasteiger partial charge in [-0.25, -0.2) is 0 Å². The molecule has 1 aliphatic carbocycles. The Bertz CT molecular complexity index is 333. The van der Waals surface area contributed by atoms with E-state index in [9.17, 15) is 0 Å². The fourth-order valence-electron chi connectivity index (χ4n) is 2.81. The molecule has 0 saturated heterocycles. The minimum Gasteiger partial charge on any atom is -0.349 e. The predicted molar refractivity (Wildman–Crippen MR) is 63.8 cm³/mol. The number of hydrogen-bond acceptors (Lipinski definition) is 1. The molecule has 1 fully saturated rings. The number of aryl methyl sites for hydroxylation is 1. The summed E-state index contributed by atoms with van der Waals surface area (Å²) in [6.07, 6.45) is 5.67. The Morgan fingerprint density at radius 3 is 2.53 bits per heavy atom. The lowest BCUT2D eigenvalue weighted by Crippen LogP contribution is -2.10. The largest absolute Gasteiger partial charge is 0.349 e. The summed E-state index contributed by atoms with van der Waals surface area (Å²) in [7, 11) is 0. The van der Waals surface area contributed by atoms with Crippen LogP contribution in [-0.4, -0.2) is 4.57 Å². The number of rotatable bonds is 3. The first-order valence-corrected chi connectivity index (χ1v) is 6.08. The van der Waals surface area contributed by atoms with Crippen LogP contribution in [0.4, 0.5) is 0 Å². The molecule has 0 spiro atoms. The molecule has 2 rings (SSSR count). The van der Waals surface area contributed by atoms with E-state index in [4.69, 9.17) is 5.73 Å². The molecule has 0 aliphatic heterocycles. The Kier molecular flexibility index (Phi) is 3.15. The molecule has 0 unspecified atom stereocenters. The van der Waals surface area contributed by atoms with Gasteiger partial charge in [-0.1, -0.05) is 12.8 Å². The van der Waals surface area contributed by atoms with Crippen LogP contribution in [0.5, 0.6) is 0 Å². The van der Waals surface area contributed by atoms with E-state index in [0.717, 1.165) is 5.92 Å². The van der Waals surface area contributed by atoms with Crippen LogP contribution in [0.15, 0.2) is 6.07 Å². The summed E-state index contributed by atoms with van der Waals surface area (Å²) >= 11 is 0. The Labute approximate surface area is 92.5 Å². The molecule has 1 heterocycles. The van der Waals surface area contributed by atoms with Crippen LogP contribution in [-0.2, 0) is 13.1 Å². The second-order valence-electron chi connectivity index (χ2n) is 4.86. The molecule has 1 aliphatic rings.